The van der Waals surface area contributed by atoms with Gasteiger partial charge in [0.1, 0.15) is 5.82 Å². The van der Waals surface area contributed by atoms with Crippen molar-refractivity contribution in [2.45, 2.75) is 13.0 Å². The maximum Gasteiger partial charge on any atom is 0.271 e. The van der Waals surface area contributed by atoms with Gasteiger partial charge in [0.05, 0.1) is 15.8 Å². The van der Waals surface area contributed by atoms with Crippen molar-refractivity contribution in [1.82, 2.24) is 9.55 Å². The van der Waals surface area contributed by atoms with Crippen molar-refractivity contribution in [3.05, 3.63) is 80.4 Å². The molecule has 0 amide bonds. The van der Waals surface area contributed by atoms with Crippen molar-refractivity contribution in [1.29, 1.82) is 0 Å². The van der Waals surface area contributed by atoms with E-state index in [0.29, 0.717) is 23.3 Å². The van der Waals surface area contributed by atoms with Crippen molar-refractivity contribution >= 4 is 28.2 Å². The van der Waals surface area contributed by atoms with Crippen molar-refractivity contribution in [2.24, 2.45) is 0 Å². The molecule has 0 radical (unpaired) electrons. The first-order chi connectivity index (χ1) is 11.6. The van der Waals surface area contributed by atoms with Crippen LogP contribution in [0.5, 0.6) is 0 Å². The fourth-order valence-electron chi connectivity index (χ4n) is 3.01. The fraction of sp³-hybridized carbons (Fsp3) is 0.111. The molecule has 6 nitrogen and oxygen atoms in total. The van der Waals surface area contributed by atoms with Gasteiger partial charge in [-0.15, -0.1) is 0 Å². The molecule has 3 aromatic rings. The lowest BCUT2D eigenvalue weighted by Gasteiger charge is -2.05. The maximum absolute atomic E-state index is 12.6. The summed E-state index contributed by atoms with van der Waals surface area (Å²) in [4.78, 5) is 27.6. The third-order valence-electron chi connectivity index (χ3n) is 4.18. The molecule has 0 atom stereocenters. The van der Waals surface area contributed by atoms with Crippen LogP contribution in [0.15, 0.2) is 53.3 Å². The zero-order valence-corrected chi connectivity index (χ0v) is 12.7. The lowest BCUT2D eigenvalue weighted by Crippen LogP contribution is -2.20. The molecule has 0 aliphatic carbocycles. The van der Waals surface area contributed by atoms with Gasteiger partial charge in [-0.2, -0.15) is 0 Å². The molecule has 1 aromatic heterocycles. The number of hydrogen-bond acceptors (Lipinski definition) is 4. The minimum Gasteiger partial charge on any atom is -0.292 e. The van der Waals surface area contributed by atoms with Crippen LogP contribution in [0, 0.1) is 10.1 Å². The summed E-state index contributed by atoms with van der Waals surface area (Å²) in [5.41, 5.74) is 2.15. The summed E-state index contributed by atoms with van der Waals surface area (Å²) in [6, 6.07) is 14.0. The number of allylic oxidation sites excluding steroid dienone is 1. The number of hydrogen-bond donors (Lipinski definition) is 0. The van der Waals surface area contributed by atoms with Crippen LogP contribution in [0.25, 0.3) is 22.6 Å². The molecule has 118 valence electrons. The van der Waals surface area contributed by atoms with Gasteiger partial charge in [0.15, 0.2) is 0 Å². The van der Waals surface area contributed by atoms with Gasteiger partial charge in [-0.3, -0.25) is 19.5 Å². The minimum absolute atomic E-state index is 0.0639. The number of nitro benzene ring substituents is 1. The normalized spacial score (nSPS) is 14.9. The van der Waals surface area contributed by atoms with Crippen LogP contribution >= 0.6 is 0 Å². The van der Waals surface area contributed by atoms with Gasteiger partial charge in [-0.05, 0) is 29.7 Å². The summed E-state index contributed by atoms with van der Waals surface area (Å²) in [5.74, 6) is 0.594. The van der Waals surface area contributed by atoms with E-state index in [9.17, 15) is 14.9 Å². The van der Waals surface area contributed by atoms with Crippen LogP contribution < -0.4 is 5.56 Å². The summed E-state index contributed by atoms with van der Waals surface area (Å²) in [6.07, 6.45) is 2.73. The van der Waals surface area contributed by atoms with Gasteiger partial charge in [-0.1, -0.05) is 30.3 Å². The summed E-state index contributed by atoms with van der Waals surface area (Å²) in [6.45, 7) is 0.576. The first-order valence-electron chi connectivity index (χ1n) is 7.58. The van der Waals surface area contributed by atoms with Gasteiger partial charge >= 0.3 is 0 Å². The van der Waals surface area contributed by atoms with Gasteiger partial charge in [0, 0.05) is 18.7 Å². The highest BCUT2D eigenvalue weighted by atomic mass is 16.6. The lowest BCUT2D eigenvalue weighted by molar-refractivity contribution is -0.384. The molecule has 0 N–H and O–H groups in total. The van der Waals surface area contributed by atoms with Crippen LogP contribution in [-0.2, 0) is 6.54 Å². The molecule has 0 fully saturated rings. The SMILES string of the molecule is O=c1c2ccc([N+](=O)[O-])cc2nc2n1CC/C2=C\c1ccccc1. The molecular formula is C18H13N3O3. The Hall–Kier alpha value is -3.28. The third kappa shape index (κ3) is 2.28. The second kappa shape index (κ2) is 5.42. The van der Waals surface area contributed by atoms with E-state index >= 15 is 0 Å². The van der Waals surface area contributed by atoms with Crippen molar-refractivity contribution in [2.75, 3.05) is 0 Å². The number of benzene rings is 2. The molecule has 1 aliphatic heterocycles. The standard InChI is InChI=1S/C18H13N3O3/c22-18-15-7-6-14(21(23)24)11-16(15)19-17-13(8-9-20(17)18)10-12-4-2-1-3-5-12/h1-7,10-11H,8-9H2/b13-10+. The number of nitro groups is 1. The monoisotopic (exact) mass is 319 g/mol. The zero-order valence-electron chi connectivity index (χ0n) is 12.7. The highest BCUT2D eigenvalue weighted by molar-refractivity contribution is 5.85. The summed E-state index contributed by atoms with van der Waals surface area (Å²) < 4.78 is 1.64. The van der Waals surface area contributed by atoms with Crippen molar-refractivity contribution in [3.8, 4) is 0 Å². The Balaban J connectivity index is 1.92. The molecule has 0 saturated carbocycles. The van der Waals surface area contributed by atoms with Crippen LogP contribution in [0.1, 0.15) is 17.8 Å². The van der Waals surface area contributed by atoms with Gasteiger partial charge in [-0.25, -0.2) is 4.98 Å². The predicted molar refractivity (Wildman–Crippen MR) is 91.6 cm³/mol. The average Bonchev–Trinajstić information content (AvgIpc) is 2.98. The van der Waals surface area contributed by atoms with Crippen LogP contribution in [0.3, 0.4) is 0 Å². The lowest BCUT2D eigenvalue weighted by atomic mass is 10.1. The number of aromatic nitrogens is 2. The maximum atomic E-state index is 12.6. The van der Waals surface area contributed by atoms with Crippen molar-refractivity contribution in [3.63, 3.8) is 0 Å². The largest absolute Gasteiger partial charge is 0.292 e. The van der Waals surface area contributed by atoms with E-state index in [1.165, 1.54) is 18.2 Å². The molecule has 0 bridgehead atoms. The Labute approximate surface area is 136 Å². The van der Waals surface area contributed by atoms with Crippen LogP contribution in [0.2, 0.25) is 0 Å². The highest BCUT2D eigenvalue weighted by Gasteiger charge is 2.21. The molecule has 0 unspecified atom stereocenters. The molecule has 24 heavy (non-hydrogen) atoms. The van der Waals surface area contributed by atoms with Gasteiger partial charge in [0.25, 0.3) is 11.2 Å². The van der Waals surface area contributed by atoms with E-state index in [-0.39, 0.29) is 11.2 Å². The average molecular weight is 319 g/mol. The van der Waals surface area contributed by atoms with E-state index in [0.717, 1.165) is 17.6 Å². The molecule has 0 saturated heterocycles. The fourth-order valence-corrected chi connectivity index (χ4v) is 3.01. The van der Waals surface area contributed by atoms with Gasteiger partial charge < -0.3 is 0 Å². The first kappa shape index (κ1) is 14.3. The Kier molecular flexibility index (Phi) is 3.23. The molecule has 2 heterocycles. The smallest absolute Gasteiger partial charge is 0.271 e. The summed E-state index contributed by atoms with van der Waals surface area (Å²) in [7, 11) is 0. The topological polar surface area (TPSA) is 78.0 Å². The molecule has 6 heteroatoms. The van der Waals surface area contributed by atoms with E-state index in [1.807, 2.05) is 36.4 Å². The Morgan fingerprint density at radius 3 is 2.71 bits per heavy atom. The van der Waals surface area contributed by atoms with E-state index in [1.54, 1.807) is 4.57 Å². The minimum atomic E-state index is -0.479. The number of fused-ring (bicyclic) bond motifs is 2. The van der Waals surface area contributed by atoms with Gasteiger partial charge in [0.2, 0.25) is 0 Å². The number of rotatable bonds is 2. The number of nitrogens with zero attached hydrogens (tertiary/aromatic N) is 3. The van der Waals surface area contributed by atoms with E-state index in [2.05, 4.69) is 4.98 Å². The Bertz CT molecular complexity index is 1050. The second-order valence-corrected chi connectivity index (χ2v) is 5.68. The molecular weight excluding hydrogens is 306 g/mol. The summed E-state index contributed by atoms with van der Waals surface area (Å²) in [5, 5.41) is 11.4. The molecule has 1 aliphatic rings. The Morgan fingerprint density at radius 2 is 1.96 bits per heavy atom. The van der Waals surface area contributed by atoms with Crippen molar-refractivity contribution < 1.29 is 4.92 Å². The highest BCUT2D eigenvalue weighted by Crippen LogP contribution is 2.28. The van der Waals surface area contributed by atoms with E-state index in [4.69, 9.17) is 0 Å². The molecule has 0 spiro atoms. The van der Waals surface area contributed by atoms with E-state index < -0.39 is 4.92 Å². The third-order valence-corrected chi connectivity index (χ3v) is 4.18. The number of non-ortho nitro benzene ring substituents is 1. The van der Waals surface area contributed by atoms with Crippen LogP contribution in [-0.4, -0.2) is 14.5 Å². The first-order valence-corrected chi connectivity index (χ1v) is 7.58. The predicted octanol–water partition coefficient (Wildman–Crippen LogP) is 3.25. The zero-order chi connectivity index (χ0) is 16.7. The molecule has 4 rings (SSSR count). The van der Waals surface area contributed by atoms with Crippen LogP contribution in [0.4, 0.5) is 5.69 Å². The quantitative estimate of drug-likeness (QED) is 0.536. The molecule has 2 aromatic carbocycles. The second-order valence-electron chi connectivity index (χ2n) is 5.68. The Morgan fingerprint density at radius 1 is 1.17 bits per heavy atom. The summed E-state index contributed by atoms with van der Waals surface area (Å²) >= 11 is 0.